The molecule has 0 aromatic heterocycles. The Labute approximate surface area is 136 Å². The van der Waals surface area contributed by atoms with Crippen LogP contribution in [0.5, 0.6) is 0 Å². The molecule has 1 unspecified atom stereocenters. The lowest BCUT2D eigenvalue weighted by Crippen LogP contribution is -2.42. The van der Waals surface area contributed by atoms with Gasteiger partial charge < -0.3 is 4.90 Å². The van der Waals surface area contributed by atoms with Gasteiger partial charge in [-0.1, -0.05) is 43.2 Å². The van der Waals surface area contributed by atoms with Gasteiger partial charge in [0.05, 0.1) is 6.04 Å². The first-order valence-corrected chi connectivity index (χ1v) is 8.55. The lowest BCUT2D eigenvalue weighted by Gasteiger charge is -2.23. The van der Waals surface area contributed by atoms with Crippen LogP contribution in [-0.2, 0) is 20.8 Å². The van der Waals surface area contributed by atoms with Crippen molar-refractivity contribution >= 4 is 17.5 Å². The van der Waals surface area contributed by atoms with Gasteiger partial charge in [0.25, 0.3) is 0 Å². The van der Waals surface area contributed by atoms with Gasteiger partial charge in [-0.2, -0.15) is 0 Å². The minimum atomic E-state index is -0.530. The maximum Gasteiger partial charge on any atom is 0.223 e. The number of benzene rings is 1. The molecule has 1 amide bonds. The van der Waals surface area contributed by atoms with E-state index in [9.17, 15) is 14.4 Å². The van der Waals surface area contributed by atoms with E-state index in [0.717, 1.165) is 12.0 Å². The smallest absolute Gasteiger partial charge is 0.223 e. The first kappa shape index (κ1) is 15.9. The van der Waals surface area contributed by atoms with Crippen molar-refractivity contribution in [2.24, 2.45) is 5.92 Å². The second-order valence-corrected chi connectivity index (χ2v) is 6.65. The number of amides is 1. The molecule has 4 heteroatoms. The number of likely N-dealkylation sites (tertiary alicyclic amines) is 1. The van der Waals surface area contributed by atoms with Crippen LogP contribution in [0, 0.1) is 5.92 Å². The Bertz CT molecular complexity index is 592. The van der Waals surface area contributed by atoms with Gasteiger partial charge in [0.15, 0.2) is 0 Å². The zero-order valence-corrected chi connectivity index (χ0v) is 13.4. The van der Waals surface area contributed by atoms with Crippen molar-refractivity contribution in [3.63, 3.8) is 0 Å². The molecule has 1 aliphatic heterocycles. The summed E-state index contributed by atoms with van der Waals surface area (Å²) in [6.07, 6.45) is 5.13. The van der Waals surface area contributed by atoms with E-state index < -0.39 is 6.04 Å². The summed E-state index contributed by atoms with van der Waals surface area (Å²) in [6.45, 7) is 0.509. The summed E-state index contributed by atoms with van der Waals surface area (Å²) in [5.74, 6) is -0.00806. The average Bonchev–Trinajstić information content (AvgIpc) is 3.33. The zero-order chi connectivity index (χ0) is 16.2. The third kappa shape index (κ3) is 4.06. The Morgan fingerprint density at radius 2 is 1.83 bits per heavy atom. The summed E-state index contributed by atoms with van der Waals surface area (Å²) in [7, 11) is 0. The lowest BCUT2D eigenvalue weighted by atomic mass is 10.0. The van der Waals surface area contributed by atoms with Crippen molar-refractivity contribution in [1.82, 2.24) is 4.90 Å². The van der Waals surface area contributed by atoms with E-state index in [2.05, 4.69) is 0 Å². The Morgan fingerprint density at radius 3 is 2.52 bits per heavy atom. The number of hydrogen-bond acceptors (Lipinski definition) is 3. The summed E-state index contributed by atoms with van der Waals surface area (Å²) >= 11 is 0. The zero-order valence-electron chi connectivity index (χ0n) is 13.4. The average molecular weight is 313 g/mol. The fourth-order valence-corrected chi connectivity index (χ4v) is 3.23. The molecule has 1 saturated heterocycles. The van der Waals surface area contributed by atoms with Gasteiger partial charge in [-0.05, 0) is 30.7 Å². The van der Waals surface area contributed by atoms with Crippen LogP contribution in [0.2, 0.25) is 0 Å². The number of Topliss-reactive ketones (excluding diaryl/α,β-unsaturated/α-hetero) is 2. The topological polar surface area (TPSA) is 54.5 Å². The van der Waals surface area contributed by atoms with Gasteiger partial charge in [0.1, 0.15) is 0 Å². The number of carbonyl (C=O) groups excluding carboxylic acids is 3. The van der Waals surface area contributed by atoms with Crippen molar-refractivity contribution in [3.05, 3.63) is 35.9 Å². The van der Waals surface area contributed by atoms with E-state index in [1.54, 1.807) is 4.90 Å². The molecular weight excluding hydrogens is 290 g/mol. The quantitative estimate of drug-likeness (QED) is 0.693. The van der Waals surface area contributed by atoms with Crippen molar-refractivity contribution < 1.29 is 14.4 Å². The molecule has 4 nitrogen and oxygen atoms in total. The minimum Gasteiger partial charge on any atom is -0.332 e. The molecule has 122 valence electrons. The second-order valence-electron chi connectivity index (χ2n) is 6.65. The molecule has 1 aromatic rings. The minimum absolute atomic E-state index is 0.00530. The number of carbonyl (C=O) groups is 3. The number of rotatable bonds is 8. The first-order chi connectivity index (χ1) is 11.1. The summed E-state index contributed by atoms with van der Waals surface area (Å²) in [5, 5.41) is 0. The van der Waals surface area contributed by atoms with E-state index in [0.29, 0.717) is 38.1 Å². The van der Waals surface area contributed by atoms with Crippen LogP contribution >= 0.6 is 0 Å². The Balaban J connectivity index is 1.57. The maximum absolute atomic E-state index is 12.4. The lowest BCUT2D eigenvalue weighted by molar-refractivity contribution is -0.141. The third-order valence-electron chi connectivity index (χ3n) is 4.87. The maximum atomic E-state index is 12.4. The van der Waals surface area contributed by atoms with E-state index in [1.807, 2.05) is 30.3 Å². The molecule has 23 heavy (non-hydrogen) atoms. The fourth-order valence-electron chi connectivity index (χ4n) is 3.23. The largest absolute Gasteiger partial charge is 0.332 e. The highest BCUT2D eigenvalue weighted by atomic mass is 16.2. The van der Waals surface area contributed by atoms with Crippen LogP contribution < -0.4 is 0 Å². The molecule has 0 radical (unpaired) electrons. The SMILES string of the molecule is O=C(CCC1CC1)C(=O)C1CCC(=O)N1CCc1ccccc1. The molecule has 1 saturated carbocycles. The van der Waals surface area contributed by atoms with Gasteiger partial charge in [0, 0.05) is 19.4 Å². The number of ketones is 2. The van der Waals surface area contributed by atoms with Crippen LogP contribution in [0.15, 0.2) is 30.3 Å². The van der Waals surface area contributed by atoms with Gasteiger partial charge in [-0.25, -0.2) is 0 Å². The molecule has 1 aromatic carbocycles. The van der Waals surface area contributed by atoms with Crippen molar-refractivity contribution in [2.75, 3.05) is 6.54 Å². The highest BCUT2D eigenvalue weighted by Crippen LogP contribution is 2.33. The molecule has 2 aliphatic rings. The van der Waals surface area contributed by atoms with Crippen LogP contribution in [0.1, 0.15) is 44.1 Å². The summed E-state index contributed by atoms with van der Waals surface area (Å²) in [5.41, 5.74) is 1.14. The highest BCUT2D eigenvalue weighted by Gasteiger charge is 2.38. The Morgan fingerprint density at radius 1 is 1.09 bits per heavy atom. The van der Waals surface area contributed by atoms with Crippen LogP contribution in [0.25, 0.3) is 0 Å². The van der Waals surface area contributed by atoms with Crippen molar-refractivity contribution in [3.8, 4) is 0 Å². The summed E-state index contributed by atoms with van der Waals surface area (Å²) in [6, 6.07) is 9.38. The summed E-state index contributed by atoms with van der Waals surface area (Å²) in [4.78, 5) is 38.2. The van der Waals surface area contributed by atoms with Crippen LogP contribution in [0.4, 0.5) is 0 Å². The first-order valence-electron chi connectivity index (χ1n) is 8.55. The summed E-state index contributed by atoms with van der Waals surface area (Å²) < 4.78 is 0. The van der Waals surface area contributed by atoms with Gasteiger partial charge >= 0.3 is 0 Å². The predicted octanol–water partition coefficient (Wildman–Crippen LogP) is 2.55. The molecule has 0 spiro atoms. The normalized spacial score (nSPS) is 20.8. The predicted molar refractivity (Wildman–Crippen MR) is 86.9 cm³/mol. The standard InChI is InChI=1S/C19H23NO3/c21-17(10-8-15-6-7-15)19(23)16-9-11-18(22)20(16)13-12-14-4-2-1-3-5-14/h1-5,15-16H,6-13H2. The monoisotopic (exact) mass is 313 g/mol. The van der Waals surface area contributed by atoms with E-state index in [-0.39, 0.29) is 17.5 Å². The molecule has 1 heterocycles. The number of nitrogens with zero attached hydrogens (tertiary/aromatic N) is 1. The van der Waals surface area contributed by atoms with E-state index in [1.165, 1.54) is 12.8 Å². The van der Waals surface area contributed by atoms with Gasteiger partial charge in [0.2, 0.25) is 17.5 Å². The van der Waals surface area contributed by atoms with Crippen molar-refractivity contribution in [1.29, 1.82) is 0 Å². The highest BCUT2D eigenvalue weighted by molar-refractivity contribution is 6.39. The molecule has 1 atom stereocenters. The third-order valence-corrected chi connectivity index (χ3v) is 4.87. The molecule has 0 bridgehead atoms. The second kappa shape index (κ2) is 7.07. The van der Waals surface area contributed by atoms with Crippen molar-refractivity contribution in [2.45, 2.75) is 51.0 Å². The molecular formula is C19H23NO3. The molecule has 3 rings (SSSR count). The van der Waals surface area contributed by atoms with Gasteiger partial charge in [-0.15, -0.1) is 0 Å². The Kier molecular flexibility index (Phi) is 4.89. The molecule has 1 aliphatic carbocycles. The van der Waals surface area contributed by atoms with Crippen LogP contribution in [-0.4, -0.2) is 35.0 Å². The Hall–Kier alpha value is -1.97. The van der Waals surface area contributed by atoms with E-state index >= 15 is 0 Å². The fraction of sp³-hybridized carbons (Fsp3) is 0.526. The molecule has 2 fully saturated rings. The van der Waals surface area contributed by atoms with Gasteiger partial charge in [-0.3, -0.25) is 14.4 Å². The van der Waals surface area contributed by atoms with Crippen LogP contribution in [0.3, 0.4) is 0 Å². The molecule has 0 N–H and O–H groups in total. The number of hydrogen-bond donors (Lipinski definition) is 0. The van der Waals surface area contributed by atoms with E-state index in [4.69, 9.17) is 0 Å².